The summed E-state index contributed by atoms with van der Waals surface area (Å²) in [5, 5.41) is 18.6. The first-order valence-corrected chi connectivity index (χ1v) is 6.55. The highest BCUT2D eigenvalue weighted by Gasteiger charge is 2.10. The van der Waals surface area contributed by atoms with Gasteiger partial charge in [-0.2, -0.15) is 0 Å². The minimum absolute atomic E-state index is 0.460. The van der Waals surface area contributed by atoms with Crippen molar-refractivity contribution in [3.63, 3.8) is 0 Å². The van der Waals surface area contributed by atoms with Crippen LogP contribution in [0.1, 0.15) is 23.6 Å². The van der Waals surface area contributed by atoms with Crippen LogP contribution < -0.4 is 0 Å². The van der Waals surface area contributed by atoms with Gasteiger partial charge in [0.25, 0.3) is 0 Å². The lowest BCUT2D eigenvalue weighted by Crippen LogP contribution is -1.93. The molecule has 84 valence electrons. The van der Waals surface area contributed by atoms with E-state index < -0.39 is 6.10 Å². The molecule has 2 aromatic rings. The number of aromatic nitrogens is 2. The Morgan fingerprint density at radius 2 is 2.06 bits per heavy atom. The summed E-state index contributed by atoms with van der Waals surface area (Å²) >= 11 is 3.11. The van der Waals surface area contributed by atoms with Crippen molar-refractivity contribution in [2.45, 2.75) is 29.2 Å². The number of aliphatic hydroxyl groups is 1. The summed E-state index contributed by atoms with van der Waals surface area (Å²) in [5.41, 5.74) is 0.931. The Kier molecular flexibility index (Phi) is 3.58. The average molecular weight is 252 g/mol. The van der Waals surface area contributed by atoms with E-state index in [1.807, 2.05) is 31.2 Å². The van der Waals surface area contributed by atoms with Gasteiger partial charge < -0.3 is 5.11 Å². The van der Waals surface area contributed by atoms with Gasteiger partial charge in [0.15, 0.2) is 4.34 Å². The van der Waals surface area contributed by atoms with Crippen LogP contribution in [0.5, 0.6) is 0 Å². The minimum atomic E-state index is -0.460. The fourth-order valence-corrected chi connectivity index (χ4v) is 3.32. The predicted molar refractivity (Wildman–Crippen MR) is 65.8 cm³/mol. The molecule has 0 bridgehead atoms. The number of hydrogen-bond acceptors (Lipinski definition) is 5. The van der Waals surface area contributed by atoms with Crippen molar-refractivity contribution in [2.75, 3.05) is 0 Å². The lowest BCUT2D eigenvalue weighted by Gasteiger charge is -2.09. The second kappa shape index (κ2) is 4.95. The van der Waals surface area contributed by atoms with Crippen molar-refractivity contribution < 1.29 is 5.11 Å². The van der Waals surface area contributed by atoms with Crippen LogP contribution in [0.15, 0.2) is 33.5 Å². The summed E-state index contributed by atoms with van der Waals surface area (Å²) in [5.74, 6) is 0. The Morgan fingerprint density at radius 3 is 2.69 bits per heavy atom. The minimum Gasteiger partial charge on any atom is -0.389 e. The third kappa shape index (κ3) is 2.61. The van der Waals surface area contributed by atoms with E-state index in [1.54, 1.807) is 30.0 Å². The average Bonchev–Trinajstić information content (AvgIpc) is 2.64. The van der Waals surface area contributed by atoms with E-state index in [0.29, 0.717) is 0 Å². The molecular weight excluding hydrogens is 240 g/mol. The predicted octanol–water partition coefficient (Wildman–Crippen LogP) is 3.05. The molecule has 3 nitrogen and oxygen atoms in total. The van der Waals surface area contributed by atoms with Gasteiger partial charge in [-0.05, 0) is 25.5 Å². The Hall–Kier alpha value is -0.910. The number of aliphatic hydroxyl groups excluding tert-OH is 1. The molecule has 1 atom stereocenters. The molecule has 0 saturated carbocycles. The zero-order valence-corrected chi connectivity index (χ0v) is 10.7. The largest absolute Gasteiger partial charge is 0.389 e. The van der Waals surface area contributed by atoms with Gasteiger partial charge in [-0.3, -0.25) is 0 Å². The van der Waals surface area contributed by atoms with Crippen LogP contribution in [0, 0.1) is 6.92 Å². The Labute approximate surface area is 103 Å². The molecule has 1 unspecified atom stereocenters. The third-order valence-corrected chi connectivity index (χ3v) is 4.06. The molecule has 0 aliphatic rings. The quantitative estimate of drug-likeness (QED) is 0.912. The third-order valence-electron chi connectivity index (χ3n) is 2.07. The molecule has 0 radical (unpaired) electrons. The molecule has 1 N–H and O–H groups in total. The van der Waals surface area contributed by atoms with Crippen LogP contribution in [-0.2, 0) is 0 Å². The van der Waals surface area contributed by atoms with Gasteiger partial charge in [0.2, 0.25) is 0 Å². The number of hydrogen-bond donors (Lipinski definition) is 1. The number of benzene rings is 1. The summed E-state index contributed by atoms with van der Waals surface area (Å²) < 4.78 is 0.908. The van der Waals surface area contributed by atoms with Crippen molar-refractivity contribution in [3.8, 4) is 0 Å². The first kappa shape index (κ1) is 11.6. The monoisotopic (exact) mass is 252 g/mol. The standard InChI is InChI=1S/C11H12N2OS2/c1-7(14)9-5-3-4-6-10(9)16-11-13-12-8(2)15-11/h3-7,14H,1-2H3. The molecule has 16 heavy (non-hydrogen) atoms. The Morgan fingerprint density at radius 1 is 1.31 bits per heavy atom. The van der Waals surface area contributed by atoms with Gasteiger partial charge in [-0.1, -0.05) is 41.3 Å². The second-order valence-electron chi connectivity index (χ2n) is 3.40. The van der Waals surface area contributed by atoms with Crippen molar-refractivity contribution in [1.82, 2.24) is 10.2 Å². The SMILES string of the molecule is Cc1nnc(Sc2ccccc2C(C)O)s1. The van der Waals surface area contributed by atoms with E-state index in [2.05, 4.69) is 10.2 Å². The molecule has 0 amide bonds. The van der Waals surface area contributed by atoms with Crippen LogP contribution in [0.4, 0.5) is 0 Å². The van der Waals surface area contributed by atoms with E-state index >= 15 is 0 Å². The molecule has 0 aliphatic heterocycles. The van der Waals surface area contributed by atoms with Crippen LogP contribution in [0.25, 0.3) is 0 Å². The fourth-order valence-electron chi connectivity index (χ4n) is 1.33. The molecule has 5 heteroatoms. The first-order chi connectivity index (χ1) is 7.66. The summed E-state index contributed by atoms with van der Waals surface area (Å²) in [7, 11) is 0. The van der Waals surface area contributed by atoms with Gasteiger partial charge in [0.1, 0.15) is 5.01 Å². The zero-order chi connectivity index (χ0) is 11.5. The van der Waals surface area contributed by atoms with Crippen LogP contribution in [0.2, 0.25) is 0 Å². The molecule has 0 aliphatic carbocycles. The van der Waals surface area contributed by atoms with Gasteiger partial charge in [0.05, 0.1) is 6.10 Å². The number of aryl methyl sites for hydroxylation is 1. The van der Waals surface area contributed by atoms with Crippen molar-refractivity contribution in [2.24, 2.45) is 0 Å². The molecule has 1 aromatic heterocycles. The maximum absolute atomic E-state index is 9.64. The Balaban J connectivity index is 2.27. The normalized spacial score (nSPS) is 12.7. The van der Waals surface area contributed by atoms with Gasteiger partial charge in [-0.25, -0.2) is 0 Å². The smallest absolute Gasteiger partial charge is 0.179 e. The summed E-state index contributed by atoms with van der Waals surface area (Å²) in [4.78, 5) is 1.04. The fraction of sp³-hybridized carbons (Fsp3) is 0.273. The topological polar surface area (TPSA) is 46.0 Å². The van der Waals surface area contributed by atoms with Gasteiger partial charge in [0, 0.05) is 4.90 Å². The zero-order valence-electron chi connectivity index (χ0n) is 9.04. The van der Waals surface area contributed by atoms with Crippen LogP contribution >= 0.6 is 23.1 Å². The van der Waals surface area contributed by atoms with E-state index in [1.165, 1.54) is 0 Å². The molecule has 2 rings (SSSR count). The molecule has 0 fully saturated rings. The maximum Gasteiger partial charge on any atom is 0.179 e. The van der Waals surface area contributed by atoms with E-state index in [9.17, 15) is 5.11 Å². The summed E-state index contributed by atoms with van der Waals surface area (Å²) in [6.45, 7) is 3.70. The lowest BCUT2D eigenvalue weighted by atomic mass is 10.1. The number of nitrogens with zero attached hydrogens (tertiary/aromatic N) is 2. The highest BCUT2D eigenvalue weighted by molar-refractivity contribution is 8.01. The number of rotatable bonds is 3. The first-order valence-electron chi connectivity index (χ1n) is 4.92. The van der Waals surface area contributed by atoms with Gasteiger partial charge >= 0.3 is 0 Å². The van der Waals surface area contributed by atoms with Crippen LogP contribution in [0.3, 0.4) is 0 Å². The van der Waals surface area contributed by atoms with Crippen molar-refractivity contribution >= 4 is 23.1 Å². The molecule has 0 spiro atoms. The van der Waals surface area contributed by atoms with Crippen molar-refractivity contribution in [3.05, 3.63) is 34.8 Å². The Bertz CT molecular complexity index is 482. The lowest BCUT2D eigenvalue weighted by molar-refractivity contribution is 0.196. The maximum atomic E-state index is 9.64. The van der Waals surface area contributed by atoms with Gasteiger partial charge in [-0.15, -0.1) is 10.2 Å². The van der Waals surface area contributed by atoms with E-state index in [4.69, 9.17) is 0 Å². The highest BCUT2D eigenvalue weighted by atomic mass is 32.2. The molecule has 1 aromatic carbocycles. The van der Waals surface area contributed by atoms with E-state index in [0.717, 1.165) is 19.8 Å². The van der Waals surface area contributed by atoms with Crippen molar-refractivity contribution in [1.29, 1.82) is 0 Å². The summed E-state index contributed by atoms with van der Waals surface area (Å²) in [6, 6.07) is 7.81. The summed E-state index contributed by atoms with van der Waals surface area (Å²) in [6.07, 6.45) is -0.460. The van der Waals surface area contributed by atoms with E-state index in [-0.39, 0.29) is 0 Å². The molecular formula is C11H12N2OS2. The molecule has 1 heterocycles. The molecule has 0 saturated heterocycles. The second-order valence-corrected chi connectivity index (χ2v) is 5.87. The van der Waals surface area contributed by atoms with Crippen LogP contribution in [-0.4, -0.2) is 15.3 Å². The highest BCUT2D eigenvalue weighted by Crippen LogP contribution is 2.34.